The molecule has 10 heteroatoms. The molecule has 0 saturated carbocycles. The summed E-state index contributed by atoms with van der Waals surface area (Å²) in [6, 6.07) is 7.46. The van der Waals surface area contributed by atoms with Crippen LogP contribution in [0.2, 0.25) is 0 Å². The number of halogens is 2. The maximum atomic E-state index is 9.67. The molecule has 0 spiro atoms. The van der Waals surface area contributed by atoms with Gasteiger partial charge in [0, 0.05) is 30.0 Å². The fourth-order valence-electron chi connectivity index (χ4n) is 2.14. The highest BCUT2D eigenvalue weighted by molar-refractivity contribution is 9.10. The van der Waals surface area contributed by atoms with Crippen LogP contribution in [-0.4, -0.2) is 37.2 Å². The molecule has 0 amide bonds. The molecule has 2 atom stereocenters. The van der Waals surface area contributed by atoms with Crippen LogP contribution in [0.5, 0.6) is 0 Å². The fourth-order valence-corrected chi connectivity index (χ4v) is 2.65. The van der Waals surface area contributed by atoms with Crippen LogP contribution in [0.3, 0.4) is 0 Å². The Morgan fingerprint density at radius 3 is 1.96 bits per heavy atom. The number of anilines is 5. The first-order valence-electron chi connectivity index (χ1n) is 8.49. The van der Waals surface area contributed by atoms with E-state index in [0.29, 0.717) is 17.7 Å². The van der Waals surface area contributed by atoms with Crippen molar-refractivity contribution in [3.63, 3.8) is 0 Å². The van der Waals surface area contributed by atoms with Crippen molar-refractivity contribution in [1.82, 2.24) is 19.9 Å². The number of benzene rings is 1. The van der Waals surface area contributed by atoms with Crippen molar-refractivity contribution in [3.05, 3.63) is 51.8 Å². The second-order valence-electron chi connectivity index (χ2n) is 6.12. The average Bonchev–Trinajstić information content (AvgIpc) is 2.67. The third-order valence-electron chi connectivity index (χ3n) is 3.85. The number of nitrogens with one attached hydrogen (secondary N) is 3. The van der Waals surface area contributed by atoms with Gasteiger partial charge in [0.15, 0.2) is 0 Å². The van der Waals surface area contributed by atoms with Crippen LogP contribution < -0.4 is 16.0 Å². The zero-order valence-corrected chi connectivity index (χ0v) is 18.4. The molecular formula is C18H19Br2N7O. The van der Waals surface area contributed by atoms with Gasteiger partial charge in [0.1, 0.15) is 5.82 Å². The number of hydrogen-bond acceptors (Lipinski definition) is 8. The van der Waals surface area contributed by atoms with Crippen molar-refractivity contribution in [1.29, 1.82) is 0 Å². The molecule has 0 fully saturated rings. The molecule has 1 aromatic carbocycles. The van der Waals surface area contributed by atoms with Crippen LogP contribution in [0.15, 0.2) is 51.8 Å². The van der Waals surface area contributed by atoms with Gasteiger partial charge in [-0.1, -0.05) is 0 Å². The molecule has 4 N–H and O–H groups in total. The summed E-state index contributed by atoms with van der Waals surface area (Å²) in [5.74, 6) is 1.57. The van der Waals surface area contributed by atoms with Crippen LogP contribution in [-0.2, 0) is 0 Å². The van der Waals surface area contributed by atoms with Gasteiger partial charge in [0.2, 0.25) is 11.9 Å². The van der Waals surface area contributed by atoms with E-state index >= 15 is 0 Å². The first kappa shape index (κ1) is 20.4. The first-order chi connectivity index (χ1) is 13.4. The maximum absolute atomic E-state index is 9.67. The molecular weight excluding hydrogens is 490 g/mol. The van der Waals surface area contributed by atoms with E-state index in [-0.39, 0.29) is 6.04 Å². The summed E-state index contributed by atoms with van der Waals surface area (Å²) in [6.45, 7) is 3.61. The first-order valence-corrected chi connectivity index (χ1v) is 10.1. The van der Waals surface area contributed by atoms with Gasteiger partial charge in [-0.2, -0.15) is 4.98 Å². The lowest BCUT2D eigenvalue weighted by Gasteiger charge is -2.18. The number of nitrogens with zero attached hydrogens (tertiary/aromatic N) is 4. The van der Waals surface area contributed by atoms with Crippen LogP contribution in [0.1, 0.15) is 13.8 Å². The highest BCUT2D eigenvalue weighted by atomic mass is 79.9. The van der Waals surface area contributed by atoms with Gasteiger partial charge in [-0.05, 0) is 70.0 Å². The number of aliphatic hydroxyl groups excluding tert-OH is 1. The molecule has 0 radical (unpaired) electrons. The normalized spacial score (nSPS) is 12.9. The zero-order valence-electron chi connectivity index (χ0n) is 15.2. The smallest absolute Gasteiger partial charge is 0.229 e. The minimum atomic E-state index is -0.506. The van der Waals surface area contributed by atoms with Gasteiger partial charge in [-0.15, -0.1) is 0 Å². The molecule has 0 bridgehead atoms. The maximum Gasteiger partial charge on any atom is 0.229 e. The Bertz CT molecular complexity index is 920. The van der Waals surface area contributed by atoms with Crippen LogP contribution in [0, 0.1) is 0 Å². The van der Waals surface area contributed by atoms with E-state index in [0.717, 1.165) is 20.3 Å². The summed E-state index contributed by atoms with van der Waals surface area (Å²) in [5, 5.41) is 19.1. The standard InChI is InChI=1S/C18H19Br2N7O/c1-10(11(2)28)24-16-15(20)9-23-18(27-16)26-14-5-3-13(4-6-14)25-17-21-7-12(19)8-22-17/h3-11,28H,1-2H3,(H,21,22,25)(H2,23,24,26,27)/t10-,11-/m1/s1. The number of hydrogen-bond donors (Lipinski definition) is 4. The largest absolute Gasteiger partial charge is 0.391 e. The molecule has 0 saturated heterocycles. The highest BCUT2D eigenvalue weighted by Gasteiger charge is 2.12. The average molecular weight is 509 g/mol. The van der Waals surface area contributed by atoms with E-state index in [4.69, 9.17) is 0 Å². The Balaban J connectivity index is 1.67. The molecule has 0 unspecified atom stereocenters. The van der Waals surface area contributed by atoms with Crippen molar-refractivity contribution in [2.75, 3.05) is 16.0 Å². The van der Waals surface area contributed by atoms with Crippen molar-refractivity contribution in [3.8, 4) is 0 Å². The van der Waals surface area contributed by atoms with Gasteiger partial charge in [-0.25, -0.2) is 15.0 Å². The van der Waals surface area contributed by atoms with Gasteiger partial charge >= 0.3 is 0 Å². The molecule has 2 heterocycles. The van der Waals surface area contributed by atoms with E-state index in [1.165, 1.54) is 0 Å². The molecule has 146 valence electrons. The summed E-state index contributed by atoms with van der Waals surface area (Å²) >= 11 is 6.73. The number of rotatable bonds is 7. The molecule has 0 aliphatic heterocycles. The van der Waals surface area contributed by atoms with Gasteiger partial charge in [0.05, 0.1) is 21.1 Å². The second kappa shape index (κ2) is 9.26. The minimum Gasteiger partial charge on any atom is -0.391 e. The van der Waals surface area contributed by atoms with Crippen LogP contribution in [0.4, 0.5) is 29.1 Å². The molecule has 3 rings (SSSR count). The predicted molar refractivity (Wildman–Crippen MR) is 117 cm³/mol. The topological polar surface area (TPSA) is 108 Å². The fraction of sp³-hybridized carbons (Fsp3) is 0.222. The Labute approximate surface area is 179 Å². The highest BCUT2D eigenvalue weighted by Crippen LogP contribution is 2.24. The van der Waals surface area contributed by atoms with Crippen LogP contribution >= 0.6 is 31.9 Å². The van der Waals surface area contributed by atoms with Gasteiger partial charge in [0.25, 0.3) is 0 Å². The molecule has 3 aromatic rings. The lowest BCUT2D eigenvalue weighted by Crippen LogP contribution is -2.28. The van der Waals surface area contributed by atoms with Crippen molar-refractivity contribution in [2.45, 2.75) is 26.0 Å². The monoisotopic (exact) mass is 507 g/mol. The Hall–Kier alpha value is -2.30. The van der Waals surface area contributed by atoms with E-state index < -0.39 is 6.10 Å². The Morgan fingerprint density at radius 2 is 1.39 bits per heavy atom. The lowest BCUT2D eigenvalue weighted by atomic mass is 10.2. The van der Waals surface area contributed by atoms with Gasteiger partial charge in [-0.3, -0.25) is 0 Å². The predicted octanol–water partition coefficient (Wildman–Crippen LogP) is 4.46. The lowest BCUT2D eigenvalue weighted by molar-refractivity contribution is 0.177. The summed E-state index contributed by atoms with van der Waals surface area (Å²) < 4.78 is 1.54. The van der Waals surface area contributed by atoms with E-state index in [2.05, 4.69) is 67.7 Å². The quantitative estimate of drug-likeness (QED) is 0.370. The van der Waals surface area contributed by atoms with E-state index in [1.807, 2.05) is 31.2 Å². The number of aromatic nitrogens is 4. The molecule has 2 aromatic heterocycles. The van der Waals surface area contributed by atoms with E-state index in [9.17, 15) is 5.11 Å². The third-order valence-corrected chi connectivity index (χ3v) is 4.84. The summed E-state index contributed by atoms with van der Waals surface area (Å²) in [7, 11) is 0. The van der Waals surface area contributed by atoms with Crippen molar-refractivity contribution >= 4 is 60.9 Å². The van der Waals surface area contributed by atoms with Crippen LogP contribution in [0.25, 0.3) is 0 Å². The summed E-state index contributed by atoms with van der Waals surface area (Å²) in [4.78, 5) is 17.1. The SMILES string of the molecule is C[C@@H](O)[C@@H](C)Nc1nc(Nc2ccc(Nc3ncc(Br)cn3)cc2)ncc1Br. The minimum absolute atomic E-state index is 0.148. The molecule has 28 heavy (non-hydrogen) atoms. The van der Waals surface area contributed by atoms with E-state index in [1.54, 1.807) is 25.5 Å². The Kier molecular flexibility index (Phi) is 6.76. The van der Waals surface area contributed by atoms with Crippen molar-refractivity contribution < 1.29 is 5.11 Å². The molecule has 0 aliphatic rings. The molecule has 8 nitrogen and oxygen atoms in total. The van der Waals surface area contributed by atoms with Gasteiger partial charge < -0.3 is 21.1 Å². The third kappa shape index (κ3) is 5.60. The number of aliphatic hydroxyl groups is 1. The second-order valence-corrected chi connectivity index (χ2v) is 7.89. The zero-order chi connectivity index (χ0) is 20.1. The molecule has 0 aliphatic carbocycles. The Morgan fingerprint density at radius 1 is 0.857 bits per heavy atom. The summed E-state index contributed by atoms with van der Waals surface area (Å²) in [5.41, 5.74) is 1.69. The van der Waals surface area contributed by atoms with Crippen molar-refractivity contribution in [2.24, 2.45) is 0 Å². The summed E-state index contributed by atoms with van der Waals surface area (Å²) in [6.07, 6.45) is 4.51.